The van der Waals surface area contributed by atoms with Crippen molar-refractivity contribution in [3.63, 3.8) is 0 Å². The average Bonchev–Trinajstić information content (AvgIpc) is 3.13. The van der Waals surface area contributed by atoms with Gasteiger partial charge < -0.3 is 9.42 Å². The van der Waals surface area contributed by atoms with Crippen molar-refractivity contribution in [1.82, 2.24) is 24.8 Å². The third kappa shape index (κ3) is 4.08. The van der Waals surface area contributed by atoms with Crippen LogP contribution in [-0.4, -0.2) is 37.3 Å². The fourth-order valence-corrected chi connectivity index (χ4v) is 3.39. The highest BCUT2D eigenvalue weighted by Crippen LogP contribution is 2.30. The lowest BCUT2D eigenvalue weighted by Crippen LogP contribution is -2.40. The summed E-state index contributed by atoms with van der Waals surface area (Å²) < 4.78 is 7.25. The molecule has 0 saturated carbocycles. The third-order valence-corrected chi connectivity index (χ3v) is 4.57. The van der Waals surface area contributed by atoms with Crippen LogP contribution in [0.1, 0.15) is 62.3 Å². The smallest absolute Gasteiger partial charge is 0.249 e. The van der Waals surface area contributed by atoms with Gasteiger partial charge in [-0.1, -0.05) is 19.0 Å². The van der Waals surface area contributed by atoms with Crippen LogP contribution in [0.3, 0.4) is 0 Å². The lowest BCUT2D eigenvalue weighted by molar-refractivity contribution is -0.136. The molecule has 0 bridgehead atoms. The molecule has 1 saturated heterocycles. The first-order valence-corrected chi connectivity index (χ1v) is 9.07. The van der Waals surface area contributed by atoms with Gasteiger partial charge in [0, 0.05) is 18.7 Å². The first-order valence-electron chi connectivity index (χ1n) is 9.07. The molecular weight excluding hydrogens is 318 g/mol. The molecule has 0 N–H and O–H groups in total. The minimum absolute atomic E-state index is 0.0551. The number of rotatable bonds is 5. The van der Waals surface area contributed by atoms with Crippen LogP contribution in [0.5, 0.6) is 0 Å². The highest BCUT2D eigenvalue weighted by Gasteiger charge is 2.32. The molecule has 3 rings (SSSR count). The van der Waals surface area contributed by atoms with Crippen LogP contribution in [0, 0.1) is 19.8 Å². The van der Waals surface area contributed by atoms with Gasteiger partial charge in [0.25, 0.3) is 0 Å². The van der Waals surface area contributed by atoms with Crippen LogP contribution in [-0.2, 0) is 17.8 Å². The molecule has 25 heavy (non-hydrogen) atoms. The van der Waals surface area contributed by atoms with E-state index in [-0.39, 0.29) is 18.5 Å². The molecule has 2 aromatic rings. The summed E-state index contributed by atoms with van der Waals surface area (Å²) in [4.78, 5) is 19.3. The molecule has 7 nitrogen and oxygen atoms in total. The zero-order chi connectivity index (χ0) is 18.0. The van der Waals surface area contributed by atoms with Gasteiger partial charge in [-0.05, 0) is 45.1 Å². The van der Waals surface area contributed by atoms with Gasteiger partial charge in [-0.25, -0.2) is 0 Å². The molecule has 0 spiro atoms. The van der Waals surface area contributed by atoms with E-state index in [1.165, 1.54) is 0 Å². The molecule has 2 aromatic heterocycles. The topological polar surface area (TPSA) is 77.0 Å². The Labute approximate surface area is 148 Å². The number of aryl methyl sites for hydroxylation is 2. The second-order valence-corrected chi connectivity index (χ2v) is 7.33. The van der Waals surface area contributed by atoms with E-state index in [1.807, 2.05) is 24.8 Å². The molecule has 3 heterocycles. The van der Waals surface area contributed by atoms with Crippen molar-refractivity contribution in [3.8, 4) is 0 Å². The summed E-state index contributed by atoms with van der Waals surface area (Å²) in [6.45, 7) is 9.14. The summed E-state index contributed by atoms with van der Waals surface area (Å²) in [5.74, 6) is 1.82. The van der Waals surface area contributed by atoms with Crippen LogP contribution in [0.25, 0.3) is 0 Å². The Morgan fingerprint density at radius 3 is 2.84 bits per heavy atom. The Bertz CT molecular complexity index is 734. The molecule has 1 fully saturated rings. The van der Waals surface area contributed by atoms with E-state index in [9.17, 15) is 4.79 Å². The second-order valence-electron chi connectivity index (χ2n) is 7.33. The molecule has 1 unspecified atom stereocenters. The van der Waals surface area contributed by atoms with E-state index >= 15 is 0 Å². The average molecular weight is 345 g/mol. The highest BCUT2D eigenvalue weighted by molar-refractivity contribution is 5.76. The zero-order valence-corrected chi connectivity index (χ0v) is 15.5. The number of hydrogen-bond donors (Lipinski definition) is 0. The summed E-state index contributed by atoms with van der Waals surface area (Å²) in [5, 5.41) is 8.48. The van der Waals surface area contributed by atoms with Gasteiger partial charge in [0.1, 0.15) is 12.6 Å². The molecule has 1 amide bonds. The fraction of sp³-hybridized carbons (Fsp3) is 0.667. The monoisotopic (exact) mass is 345 g/mol. The summed E-state index contributed by atoms with van der Waals surface area (Å²) in [6.07, 6.45) is 3.73. The Kier molecular flexibility index (Phi) is 5.20. The SMILES string of the molecule is Cc1cc(C)n(CC(=O)N2CCCCC2c2nc(CC(C)C)no2)n1. The van der Waals surface area contributed by atoms with Crippen LogP contribution in [0.15, 0.2) is 10.6 Å². The number of aromatic nitrogens is 4. The normalized spacial score (nSPS) is 18.1. The Balaban J connectivity index is 1.75. The van der Waals surface area contributed by atoms with Crippen molar-refractivity contribution in [2.75, 3.05) is 6.54 Å². The van der Waals surface area contributed by atoms with Crippen molar-refractivity contribution < 1.29 is 9.32 Å². The summed E-state index contributed by atoms with van der Waals surface area (Å²) in [5.41, 5.74) is 1.92. The molecule has 1 aliphatic rings. The summed E-state index contributed by atoms with van der Waals surface area (Å²) >= 11 is 0. The van der Waals surface area contributed by atoms with Crippen molar-refractivity contribution in [1.29, 1.82) is 0 Å². The van der Waals surface area contributed by atoms with Gasteiger partial charge in [-0.2, -0.15) is 10.1 Å². The predicted molar refractivity (Wildman–Crippen MR) is 92.8 cm³/mol. The van der Waals surface area contributed by atoms with Gasteiger partial charge in [-0.3, -0.25) is 9.48 Å². The van der Waals surface area contributed by atoms with E-state index in [4.69, 9.17) is 4.52 Å². The van der Waals surface area contributed by atoms with Crippen molar-refractivity contribution >= 4 is 5.91 Å². The first kappa shape index (κ1) is 17.6. The van der Waals surface area contributed by atoms with Crippen molar-refractivity contribution in [2.45, 2.75) is 66.0 Å². The standard InChI is InChI=1S/C18H27N5O2/c1-12(2)9-16-19-18(25-21-16)15-7-5-6-8-22(15)17(24)11-23-14(4)10-13(3)20-23/h10,12,15H,5-9,11H2,1-4H3. The number of carbonyl (C=O) groups excluding carboxylic acids is 1. The van der Waals surface area contributed by atoms with E-state index in [0.29, 0.717) is 11.8 Å². The molecule has 136 valence electrons. The zero-order valence-electron chi connectivity index (χ0n) is 15.5. The minimum Gasteiger partial charge on any atom is -0.337 e. The van der Waals surface area contributed by atoms with E-state index in [1.54, 1.807) is 4.68 Å². The van der Waals surface area contributed by atoms with E-state index < -0.39 is 0 Å². The Morgan fingerprint density at radius 1 is 1.36 bits per heavy atom. The Morgan fingerprint density at radius 2 is 2.16 bits per heavy atom. The molecule has 0 radical (unpaired) electrons. The van der Waals surface area contributed by atoms with E-state index in [2.05, 4.69) is 29.1 Å². The number of piperidine rings is 1. The fourth-order valence-electron chi connectivity index (χ4n) is 3.39. The predicted octanol–water partition coefficient (Wildman–Crippen LogP) is 2.84. The van der Waals surface area contributed by atoms with E-state index in [0.717, 1.165) is 49.4 Å². The van der Waals surface area contributed by atoms with Crippen molar-refractivity contribution in [2.24, 2.45) is 5.92 Å². The molecule has 7 heteroatoms. The molecule has 0 aromatic carbocycles. The van der Waals surface area contributed by atoms with Crippen LogP contribution in [0.4, 0.5) is 0 Å². The minimum atomic E-state index is -0.119. The van der Waals surface area contributed by atoms with Gasteiger partial charge >= 0.3 is 0 Å². The van der Waals surface area contributed by atoms with Gasteiger partial charge in [0.05, 0.1) is 5.69 Å². The maximum Gasteiger partial charge on any atom is 0.249 e. The lowest BCUT2D eigenvalue weighted by atomic mass is 10.0. The Hall–Kier alpha value is -2.18. The van der Waals surface area contributed by atoms with Gasteiger partial charge in [-0.15, -0.1) is 0 Å². The maximum atomic E-state index is 12.9. The summed E-state index contributed by atoms with van der Waals surface area (Å²) in [7, 11) is 0. The van der Waals surface area contributed by atoms with Crippen molar-refractivity contribution in [3.05, 3.63) is 29.2 Å². The summed E-state index contributed by atoms with van der Waals surface area (Å²) in [6, 6.07) is 1.86. The largest absolute Gasteiger partial charge is 0.337 e. The van der Waals surface area contributed by atoms with Crippen LogP contribution in [0.2, 0.25) is 0 Å². The lowest BCUT2D eigenvalue weighted by Gasteiger charge is -2.33. The maximum absolute atomic E-state index is 12.9. The number of nitrogens with zero attached hydrogens (tertiary/aromatic N) is 5. The van der Waals surface area contributed by atoms with Gasteiger partial charge in [0.2, 0.25) is 11.8 Å². The molecule has 1 atom stereocenters. The molecular formula is C18H27N5O2. The van der Waals surface area contributed by atoms with Gasteiger partial charge in [0.15, 0.2) is 5.82 Å². The second kappa shape index (κ2) is 7.37. The molecule has 0 aliphatic carbocycles. The quantitative estimate of drug-likeness (QED) is 0.833. The number of hydrogen-bond acceptors (Lipinski definition) is 5. The number of amides is 1. The highest BCUT2D eigenvalue weighted by atomic mass is 16.5. The third-order valence-electron chi connectivity index (χ3n) is 4.57. The molecule has 1 aliphatic heterocycles. The van der Waals surface area contributed by atoms with Crippen LogP contribution >= 0.6 is 0 Å². The number of likely N-dealkylation sites (tertiary alicyclic amines) is 1. The number of carbonyl (C=O) groups is 1. The van der Waals surface area contributed by atoms with Crippen LogP contribution < -0.4 is 0 Å². The first-order chi connectivity index (χ1) is 11.9.